The van der Waals surface area contributed by atoms with Crippen LogP contribution in [0.25, 0.3) is 10.8 Å². The van der Waals surface area contributed by atoms with Crippen LogP contribution in [0.15, 0.2) is 57.8 Å². The molecule has 0 spiro atoms. The number of benzene rings is 1. The van der Waals surface area contributed by atoms with Gasteiger partial charge in [-0.15, -0.1) is 11.8 Å². The number of nitrogens with one attached hydrogen (secondary N) is 2. The molecule has 0 aliphatic rings. The lowest BCUT2D eigenvalue weighted by molar-refractivity contribution is -0.118. The molecule has 0 saturated heterocycles. The minimum atomic E-state index is -0.223. The van der Waals surface area contributed by atoms with E-state index in [4.69, 9.17) is 8.83 Å². The highest BCUT2D eigenvalue weighted by atomic mass is 32.2. The summed E-state index contributed by atoms with van der Waals surface area (Å²) in [6.07, 6.45) is 6.87. The summed E-state index contributed by atoms with van der Waals surface area (Å²) in [6, 6.07) is 11.1. The molecule has 0 aliphatic heterocycles. The summed E-state index contributed by atoms with van der Waals surface area (Å²) in [7, 11) is 0. The van der Waals surface area contributed by atoms with E-state index in [0.717, 1.165) is 42.2 Å². The Labute approximate surface area is 206 Å². The van der Waals surface area contributed by atoms with Crippen molar-refractivity contribution in [3.8, 4) is 0 Å². The van der Waals surface area contributed by atoms with Crippen molar-refractivity contribution in [3.63, 3.8) is 0 Å². The second-order valence-electron chi connectivity index (χ2n) is 9.09. The number of rotatable bonds is 15. The number of hydrogen-bond donors (Lipinski definition) is 2. The predicted octanol–water partition coefficient (Wildman–Crippen LogP) is 5.82. The number of amides is 1. The highest BCUT2D eigenvalue weighted by molar-refractivity contribution is 7.99. The minimum Gasteiger partial charge on any atom is -0.468 e. The topological polar surface area (TPSA) is 84.5 Å². The number of fused-ring (bicyclic) bond motifs is 1. The summed E-state index contributed by atoms with van der Waals surface area (Å²) in [4.78, 5) is 26.0. The highest BCUT2D eigenvalue weighted by Crippen LogP contribution is 2.21. The molecule has 7 heteroatoms. The van der Waals surface area contributed by atoms with E-state index in [1.54, 1.807) is 24.3 Å². The van der Waals surface area contributed by atoms with Crippen molar-refractivity contribution in [2.45, 2.75) is 64.3 Å². The molecule has 0 bridgehead atoms. The number of hydrogen-bond acceptors (Lipinski definition) is 6. The molecule has 1 aromatic carbocycles. The maximum absolute atomic E-state index is 13.0. The smallest absolute Gasteiger partial charge is 0.287 e. The Hall–Kier alpha value is -2.51. The summed E-state index contributed by atoms with van der Waals surface area (Å²) in [5.74, 6) is 2.69. The Morgan fingerprint density at radius 2 is 1.91 bits per heavy atom. The molecule has 1 amide bonds. The van der Waals surface area contributed by atoms with Crippen LogP contribution in [0.2, 0.25) is 0 Å². The Bertz CT molecular complexity index is 1030. The molecule has 2 N–H and O–H groups in total. The molecule has 0 fully saturated rings. The molecule has 2 aromatic heterocycles. The van der Waals surface area contributed by atoms with Gasteiger partial charge in [0.05, 0.1) is 30.1 Å². The van der Waals surface area contributed by atoms with Gasteiger partial charge in [0.2, 0.25) is 0 Å². The van der Waals surface area contributed by atoms with Gasteiger partial charge < -0.3 is 19.5 Å². The molecule has 184 valence electrons. The van der Waals surface area contributed by atoms with Crippen LogP contribution < -0.4 is 10.6 Å². The number of thioether (sulfide) groups is 1. The van der Waals surface area contributed by atoms with Crippen LogP contribution in [0, 0.1) is 5.92 Å². The quantitative estimate of drug-likeness (QED) is 0.283. The summed E-state index contributed by atoms with van der Waals surface area (Å²) >= 11 is 1.57. The average Bonchev–Trinajstić information content (AvgIpc) is 3.48. The standard InChI is InChI=1S/C27H36N2O4S/c1-4-5-12-24(25(30)18-34-17-22-10-8-13-32-22)28-15-21(14-19(2)3)29-27(31)26-23-11-7-6-9-20(23)16-33-26/h6-11,13,16,19,21,24,28H,4-5,12,14-15,17-18H2,1-3H3,(H,29,31). The van der Waals surface area contributed by atoms with E-state index in [1.807, 2.05) is 36.4 Å². The fourth-order valence-corrected chi connectivity index (χ4v) is 4.87. The molecule has 3 rings (SSSR count). The largest absolute Gasteiger partial charge is 0.468 e. The van der Waals surface area contributed by atoms with Crippen LogP contribution in [-0.4, -0.2) is 36.1 Å². The van der Waals surface area contributed by atoms with Crippen molar-refractivity contribution in [1.82, 2.24) is 10.6 Å². The average molecular weight is 485 g/mol. The third-order valence-corrected chi connectivity index (χ3v) is 6.70. The highest BCUT2D eigenvalue weighted by Gasteiger charge is 2.23. The SMILES string of the molecule is CCCCC(NCC(CC(C)C)NC(=O)c1occ2ccccc12)C(=O)CSCc1ccco1. The molecule has 0 saturated carbocycles. The predicted molar refractivity (Wildman–Crippen MR) is 138 cm³/mol. The van der Waals surface area contributed by atoms with Crippen molar-refractivity contribution in [1.29, 1.82) is 0 Å². The third kappa shape index (κ3) is 7.77. The lowest BCUT2D eigenvalue weighted by Crippen LogP contribution is -2.48. The summed E-state index contributed by atoms with van der Waals surface area (Å²) in [5.41, 5.74) is 0. The van der Waals surface area contributed by atoms with Gasteiger partial charge >= 0.3 is 0 Å². The number of ketones is 1. The molecular formula is C27H36N2O4S. The zero-order valence-corrected chi connectivity index (χ0v) is 21.2. The number of furan rings is 2. The molecule has 2 unspecified atom stereocenters. The monoisotopic (exact) mass is 484 g/mol. The lowest BCUT2D eigenvalue weighted by Gasteiger charge is -2.24. The van der Waals surface area contributed by atoms with Crippen LogP contribution in [-0.2, 0) is 10.5 Å². The van der Waals surface area contributed by atoms with Gasteiger partial charge in [0.15, 0.2) is 11.5 Å². The maximum atomic E-state index is 13.0. The van der Waals surface area contributed by atoms with Crippen molar-refractivity contribution in [2.75, 3.05) is 12.3 Å². The molecule has 2 atom stereocenters. The maximum Gasteiger partial charge on any atom is 0.287 e. The van der Waals surface area contributed by atoms with E-state index < -0.39 is 0 Å². The lowest BCUT2D eigenvalue weighted by atomic mass is 10.0. The zero-order valence-electron chi connectivity index (χ0n) is 20.3. The molecule has 2 heterocycles. The number of Topliss-reactive ketones (excluding diaryl/α,β-unsaturated/α-hetero) is 1. The van der Waals surface area contributed by atoms with Gasteiger partial charge in [-0.1, -0.05) is 57.9 Å². The molecule has 6 nitrogen and oxygen atoms in total. The van der Waals surface area contributed by atoms with Crippen LogP contribution in [0.5, 0.6) is 0 Å². The van der Waals surface area contributed by atoms with Crippen LogP contribution >= 0.6 is 11.8 Å². The first kappa shape index (κ1) is 26.1. The summed E-state index contributed by atoms with van der Waals surface area (Å²) in [6.45, 7) is 6.92. The van der Waals surface area contributed by atoms with Gasteiger partial charge in [0.1, 0.15) is 5.76 Å². The number of unbranched alkanes of at least 4 members (excludes halogenated alkanes) is 1. The summed E-state index contributed by atoms with van der Waals surface area (Å²) in [5, 5.41) is 8.30. The van der Waals surface area contributed by atoms with Gasteiger partial charge in [0.25, 0.3) is 5.91 Å². The van der Waals surface area contributed by atoms with Crippen molar-refractivity contribution in [3.05, 3.63) is 60.4 Å². The van der Waals surface area contributed by atoms with Gasteiger partial charge in [-0.3, -0.25) is 9.59 Å². The Kier molecular flexibility index (Phi) is 10.3. The van der Waals surface area contributed by atoms with Gasteiger partial charge in [-0.05, 0) is 30.9 Å². The second-order valence-corrected chi connectivity index (χ2v) is 10.1. The molecule has 0 radical (unpaired) electrons. The third-order valence-electron chi connectivity index (χ3n) is 5.72. The summed E-state index contributed by atoms with van der Waals surface area (Å²) < 4.78 is 10.9. The van der Waals surface area contributed by atoms with Gasteiger partial charge in [-0.2, -0.15) is 0 Å². The van der Waals surface area contributed by atoms with Crippen LogP contribution in [0.3, 0.4) is 0 Å². The van der Waals surface area contributed by atoms with Gasteiger partial charge in [0, 0.05) is 23.4 Å². The van der Waals surface area contributed by atoms with E-state index in [2.05, 4.69) is 31.4 Å². The second kappa shape index (κ2) is 13.4. The van der Waals surface area contributed by atoms with E-state index >= 15 is 0 Å². The number of carbonyl (C=O) groups excluding carboxylic acids is 2. The Morgan fingerprint density at radius 1 is 1.09 bits per heavy atom. The molecule has 34 heavy (non-hydrogen) atoms. The fraction of sp³-hybridized carbons (Fsp3) is 0.481. The minimum absolute atomic E-state index is 0.107. The first-order chi connectivity index (χ1) is 16.5. The zero-order chi connectivity index (χ0) is 24.3. The van der Waals surface area contributed by atoms with E-state index in [0.29, 0.717) is 29.7 Å². The first-order valence-corrected chi connectivity index (χ1v) is 13.3. The molecule has 3 aromatic rings. The normalized spacial score (nSPS) is 13.3. The van der Waals surface area contributed by atoms with Crippen molar-refractivity contribution >= 4 is 34.2 Å². The first-order valence-electron chi connectivity index (χ1n) is 12.1. The molecular weight excluding hydrogens is 448 g/mol. The van der Waals surface area contributed by atoms with Crippen LogP contribution in [0.4, 0.5) is 0 Å². The fourth-order valence-electron chi connectivity index (χ4n) is 4.00. The number of carbonyl (C=O) groups is 2. The van der Waals surface area contributed by atoms with E-state index in [-0.39, 0.29) is 23.8 Å². The Morgan fingerprint density at radius 3 is 2.65 bits per heavy atom. The van der Waals surface area contributed by atoms with E-state index in [9.17, 15) is 9.59 Å². The van der Waals surface area contributed by atoms with Gasteiger partial charge in [-0.25, -0.2) is 0 Å². The van der Waals surface area contributed by atoms with E-state index in [1.165, 1.54) is 0 Å². The molecule has 0 aliphatic carbocycles. The van der Waals surface area contributed by atoms with Crippen molar-refractivity contribution < 1.29 is 18.4 Å². The van der Waals surface area contributed by atoms with Crippen LogP contribution in [0.1, 0.15) is 62.8 Å². The van der Waals surface area contributed by atoms with Crippen molar-refractivity contribution in [2.24, 2.45) is 5.92 Å². The Balaban J connectivity index is 1.59.